The van der Waals surface area contributed by atoms with Crippen LogP contribution in [-0.4, -0.2) is 25.2 Å². The summed E-state index contributed by atoms with van der Waals surface area (Å²) in [4.78, 5) is 13.6. The molecule has 0 aliphatic rings. The fraction of sp³-hybridized carbons (Fsp3) is 0.500. The van der Waals surface area contributed by atoms with E-state index in [-0.39, 0.29) is 5.97 Å². The molecule has 94 valence electrons. The molecule has 1 aromatic carbocycles. The van der Waals surface area contributed by atoms with Crippen LogP contribution in [0.15, 0.2) is 30.3 Å². The number of carbonyl (C=O) groups excluding carboxylic acids is 1. The van der Waals surface area contributed by atoms with Gasteiger partial charge >= 0.3 is 5.97 Å². The van der Waals surface area contributed by atoms with Crippen LogP contribution in [0.2, 0.25) is 0 Å². The van der Waals surface area contributed by atoms with Gasteiger partial charge < -0.3 is 9.64 Å². The quantitative estimate of drug-likeness (QED) is 0.752. The van der Waals surface area contributed by atoms with Gasteiger partial charge in [-0.2, -0.15) is 0 Å². The number of rotatable bonds is 4. The summed E-state index contributed by atoms with van der Waals surface area (Å²) < 4.78 is 5.26. The Morgan fingerprint density at radius 2 is 1.82 bits per heavy atom. The molecule has 0 spiro atoms. The summed E-state index contributed by atoms with van der Waals surface area (Å²) in [6.07, 6.45) is 0.405. The van der Waals surface area contributed by atoms with E-state index in [0.717, 1.165) is 5.69 Å². The Morgan fingerprint density at radius 1 is 1.24 bits per heavy atom. The van der Waals surface area contributed by atoms with Gasteiger partial charge in [-0.15, -0.1) is 0 Å². The SMILES string of the molecule is CN(CCC(=O)OC(C)(C)C)c1ccccc1. The molecular formula is C14H21NO2. The van der Waals surface area contributed by atoms with Gasteiger partial charge in [0.05, 0.1) is 6.42 Å². The van der Waals surface area contributed by atoms with Crippen LogP contribution in [0.3, 0.4) is 0 Å². The zero-order chi connectivity index (χ0) is 12.9. The predicted molar refractivity (Wildman–Crippen MR) is 70.2 cm³/mol. The number of anilines is 1. The first-order valence-electron chi connectivity index (χ1n) is 5.86. The molecular weight excluding hydrogens is 214 g/mol. The second-order valence-electron chi connectivity index (χ2n) is 5.09. The summed E-state index contributed by atoms with van der Waals surface area (Å²) in [5.74, 6) is -0.153. The molecule has 3 heteroatoms. The Labute approximate surface area is 103 Å². The molecule has 0 saturated carbocycles. The first kappa shape index (κ1) is 13.6. The molecule has 0 aromatic heterocycles. The summed E-state index contributed by atoms with van der Waals surface area (Å²) in [5, 5.41) is 0. The van der Waals surface area contributed by atoms with E-state index < -0.39 is 5.60 Å². The van der Waals surface area contributed by atoms with Crippen LogP contribution in [0.25, 0.3) is 0 Å². The first-order chi connectivity index (χ1) is 7.88. The second-order valence-corrected chi connectivity index (χ2v) is 5.09. The number of carbonyl (C=O) groups is 1. The van der Waals surface area contributed by atoms with Gasteiger partial charge in [-0.25, -0.2) is 0 Å². The van der Waals surface area contributed by atoms with E-state index in [2.05, 4.69) is 0 Å². The molecule has 17 heavy (non-hydrogen) atoms. The van der Waals surface area contributed by atoms with E-state index in [1.807, 2.05) is 63.1 Å². The third-order valence-corrected chi connectivity index (χ3v) is 2.27. The number of benzene rings is 1. The van der Waals surface area contributed by atoms with Crippen molar-refractivity contribution in [2.24, 2.45) is 0 Å². The fourth-order valence-electron chi connectivity index (χ4n) is 1.46. The summed E-state index contributed by atoms with van der Waals surface area (Å²) in [7, 11) is 1.97. The molecule has 0 fully saturated rings. The average Bonchev–Trinajstić information content (AvgIpc) is 2.25. The average molecular weight is 235 g/mol. The molecule has 0 amide bonds. The maximum atomic E-state index is 11.5. The van der Waals surface area contributed by atoms with Gasteiger partial charge in [-0.1, -0.05) is 18.2 Å². The van der Waals surface area contributed by atoms with Gasteiger partial charge in [-0.05, 0) is 32.9 Å². The van der Waals surface area contributed by atoms with Crippen LogP contribution in [-0.2, 0) is 9.53 Å². The largest absolute Gasteiger partial charge is 0.460 e. The van der Waals surface area contributed by atoms with E-state index >= 15 is 0 Å². The Kier molecular flexibility index (Phi) is 4.55. The maximum absolute atomic E-state index is 11.5. The molecule has 0 heterocycles. The molecule has 0 aliphatic carbocycles. The third-order valence-electron chi connectivity index (χ3n) is 2.27. The highest BCUT2D eigenvalue weighted by atomic mass is 16.6. The van der Waals surface area contributed by atoms with Crippen molar-refractivity contribution < 1.29 is 9.53 Å². The normalized spacial score (nSPS) is 11.1. The fourth-order valence-corrected chi connectivity index (χ4v) is 1.46. The zero-order valence-electron chi connectivity index (χ0n) is 11.1. The minimum absolute atomic E-state index is 0.153. The minimum atomic E-state index is -0.400. The lowest BCUT2D eigenvalue weighted by molar-refractivity contribution is -0.154. The third kappa shape index (κ3) is 5.38. The van der Waals surface area contributed by atoms with Crippen molar-refractivity contribution in [3.05, 3.63) is 30.3 Å². The van der Waals surface area contributed by atoms with Gasteiger partial charge in [-0.3, -0.25) is 4.79 Å². The Morgan fingerprint density at radius 3 is 2.35 bits per heavy atom. The van der Waals surface area contributed by atoms with Crippen LogP contribution < -0.4 is 4.90 Å². The highest BCUT2D eigenvalue weighted by Gasteiger charge is 2.16. The van der Waals surface area contributed by atoms with Crippen molar-refractivity contribution in [2.75, 3.05) is 18.5 Å². The van der Waals surface area contributed by atoms with E-state index in [0.29, 0.717) is 13.0 Å². The molecule has 0 N–H and O–H groups in total. The van der Waals surface area contributed by atoms with Crippen molar-refractivity contribution in [3.8, 4) is 0 Å². The lowest BCUT2D eigenvalue weighted by Gasteiger charge is -2.22. The lowest BCUT2D eigenvalue weighted by Crippen LogP contribution is -2.27. The highest BCUT2D eigenvalue weighted by Crippen LogP contribution is 2.12. The van der Waals surface area contributed by atoms with E-state index in [1.54, 1.807) is 0 Å². The monoisotopic (exact) mass is 235 g/mol. The van der Waals surface area contributed by atoms with Gasteiger partial charge in [0, 0.05) is 19.3 Å². The van der Waals surface area contributed by atoms with Crippen molar-refractivity contribution in [1.82, 2.24) is 0 Å². The van der Waals surface area contributed by atoms with Gasteiger partial charge in [0.25, 0.3) is 0 Å². The van der Waals surface area contributed by atoms with E-state index in [4.69, 9.17) is 4.74 Å². The Hall–Kier alpha value is -1.51. The van der Waals surface area contributed by atoms with Crippen molar-refractivity contribution in [3.63, 3.8) is 0 Å². The minimum Gasteiger partial charge on any atom is -0.460 e. The summed E-state index contributed by atoms with van der Waals surface area (Å²) in [5.41, 5.74) is 0.707. The molecule has 0 unspecified atom stereocenters. The van der Waals surface area contributed by atoms with Crippen LogP contribution in [0.4, 0.5) is 5.69 Å². The summed E-state index contributed by atoms with van der Waals surface area (Å²) >= 11 is 0. The zero-order valence-corrected chi connectivity index (χ0v) is 11.1. The molecule has 3 nitrogen and oxygen atoms in total. The first-order valence-corrected chi connectivity index (χ1v) is 5.86. The van der Waals surface area contributed by atoms with Crippen LogP contribution in [0, 0.1) is 0 Å². The van der Waals surface area contributed by atoms with Crippen LogP contribution in [0.1, 0.15) is 27.2 Å². The molecule has 0 radical (unpaired) electrons. The van der Waals surface area contributed by atoms with Crippen molar-refractivity contribution in [2.45, 2.75) is 32.8 Å². The Bertz CT molecular complexity index is 354. The highest BCUT2D eigenvalue weighted by molar-refractivity contribution is 5.70. The molecule has 1 aromatic rings. The van der Waals surface area contributed by atoms with Gasteiger partial charge in [0.2, 0.25) is 0 Å². The molecule has 1 rings (SSSR count). The Balaban J connectivity index is 2.39. The molecule has 0 bridgehead atoms. The number of esters is 1. The number of hydrogen-bond donors (Lipinski definition) is 0. The van der Waals surface area contributed by atoms with Crippen molar-refractivity contribution in [1.29, 1.82) is 0 Å². The second kappa shape index (κ2) is 5.71. The summed E-state index contributed by atoms with van der Waals surface area (Å²) in [6, 6.07) is 9.99. The topological polar surface area (TPSA) is 29.5 Å². The van der Waals surface area contributed by atoms with E-state index in [9.17, 15) is 4.79 Å². The van der Waals surface area contributed by atoms with Gasteiger partial charge in [0.1, 0.15) is 5.60 Å². The number of hydrogen-bond acceptors (Lipinski definition) is 3. The summed E-state index contributed by atoms with van der Waals surface area (Å²) in [6.45, 7) is 6.31. The molecule has 0 atom stereocenters. The number of para-hydroxylation sites is 1. The van der Waals surface area contributed by atoms with Gasteiger partial charge in [0.15, 0.2) is 0 Å². The number of nitrogens with zero attached hydrogens (tertiary/aromatic N) is 1. The van der Waals surface area contributed by atoms with Crippen molar-refractivity contribution >= 4 is 11.7 Å². The lowest BCUT2D eigenvalue weighted by atomic mass is 10.2. The van der Waals surface area contributed by atoms with E-state index in [1.165, 1.54) is 0 Å². The predicted octanol–water partition coefficient (Wildman–Crippen LogP) is 2.85. The standard InChI is InChI=1S/C14H21NO2/c1-14(2,3)17-13(16)10-11-15(4)12-8-6-5-7-9-12/h5-9H,10-11H2,1-4H3. The van der Waals surface area contributed by atoms with Crippen LogP contribution >= 0.6 is 0 Å². The smallest absolute Gasteiger partial charge is 0.308 e. The number of ether oxygens (including phenoxy) is 1. The maximum Gasteiger partial charge on any atom is 0.308 e. The molecule has 0 aliphatic heterocycles. The van der Waals surface area contributed by atoms with Crippen LogP contribution in [0.5, 0.6) is 0 Å². The molecule has 0 saturated heterocycles.